The first-order valence-electron chi connectivity index (χ1n) is 5.84. The van der Waals surface area contributed by atoms with Crippen molar-refractivity contribution < 1.29 is 0 Å². The van der Waals surface area contributed by atoms with Crippen molar-refractivity contribution in [2.45, 2.75) is 37.0 Å². The minimum atomic E-state index is 0.388. The van der Waals surface area contributed by atoms with E-state index in [9.17, 15) is 0 Å². The molecule has 1 saturated carbocycles. The van der Waals surface area contributed by atoms with E-state index in [1.54, 1.807) is 12.4 Å². The topological polar surface area (TPSA) is 61.6 Å². The number of hydrogen-bond donors (Lipinski definition) is 1. The molecule has 0 unspecified atom stereocenters. The quantitative estimate of drug-likeness (QED) is 0.890. The number of hydrogen-bond acceptors (Lipinski definition) is 5. The second-order valence-corrected chi connectivity index (χ2v) is 5.36. The predicted octanol–water partition coefficient (Wildman–Crippen LogP) is 2.43. The second-order valence-electron chi connectivity index (χ2n) is 4.22. The van der Waals surface area contributed by atoms with Crippen molar-refractivity contribution in [3.63, 3.8) is 0 Å². The molecule has 0 atom stereocenters. The molecule has 17 heavy (non-hydrogen) atoms. The van der Waals surface area contributed by atoms with Crippen molar-refractivity contribution in [3.05, 3.63) is 18.1 Å². The Kier molecular flexibility index (Phi) is 4.21. The van der Waals surface area contributed by atoms with Gasteiger partial charge in [0, 0.05) is 23.7 Å². The van der Waals surface area contributed by atoms with Crippen LogP contribution < -0.4 is 5.32 Å². The maximum atomic E-state index is 8.93. The maximum Gasteiger partial charge on any atom is 0.182 e. The molecule has 0 radical (unpaired) electrons. The summed E-state index contributed by atoms with van der Waals surface area (Å²) >= 11 is 1.95. The molecular weight excluding hydrogens is 232 g/mol. The third-order valence-corrected chi connectivity index (χ3v) is 4.29. The zero-order valence-electron chi connectivity index (χ0n) is 9.89. The summed E-state index contributed by atoms with van der Waals surface area (Å²) in [5.74, 6) is 0.627. The Morgan fingerprint density at radius 3 is 2.65 bits per heavy atom. The molecule has 90 valence electrons. The molecule has 0 saturated heterocycles. The Balaban J connectivity index is 1.96. The third-order valence-electron chi connectivity index (χ3n) is 3.15. The molecule has 5 heteroatoms. The van der Waals surface area contributed by atoms with E-state index >= 15 is 0 Å². The van der Waals surface area contributed by atoms with Crippen molar-refractivity contribution in [2.24, 2.45) is 0 Å². The van der Waals surface area contributed by atoms with Gasteiger partial charge in [0.25, 0.3) is 0 Å². The fourth-order valence-electron chi connectivity index (χ4n) is 2.16. The third kappa shape index (κ3) is 3.10. The summed E-state index contributed by atoms with van der Waals surface area (Å²) in [6.07, 6.45) is 10.1. The largest absolute Gasteiger partial charge is 0.365 e. The monoisotopic (exact) mass is 248 g/mol. The van der Waals surface area contributed by atoms with Gasteiger partial charge in [-0.1, -0.05) is 0 Å². The number of aromatic nitrogens is 2. The highest BCUT2D eigenvalue weighted by Crippen LogP contribution is 2.28. The SMILES string of the molecule is CSC1CCC(Nc2nccnc2C#N)CC1. The molecule has 0 aromatic carbocycles. The standard InChI is InChI=1S/C12H16N4S/c1-17-10-4-2-9(3-5-10)16-12-11(8-13)14-6-7-15-12/h6-7,9-10H,2-5H2,1H3,(H,15,16). The highest BCUT2D eigenvalue weighted by Gasteiger charge is 2.21. The molecule has 1 aromatic heterocycles. The van der Waals surface area contributed by atoms with Gasteiger partial charge in [0.15, 0.2) is 11.5 Å². The maximum absolute atomic E-state index is 8.93. The Morgan fingerprint density at radius 1 is 1.29 bits per heavy atom. The van der Waals surface area contributed by atoms with Crippen molar-refractivity contribution >= 4 is 17.6 Å². The summed E-state index contributed by atoms with van der Waals surface area (Å²) in [7, 11) is 0. The Morgan fingerprint density at radius 2 is 2.00 bits per heavy atom. The molecule has 1 aromatic rings. The van der Waals surface area contributed by atoms with E-state index in [1.807, 2.05) is 11.8 Å². The normalized spacial score (nSPS) is 24.0. The average molecular weight is 248 g/mol. The minimum absolute atomic E-state index is 0.388. The zero-order valence-corrected chi connectivity index (χ0v) is 10.7. The molecule has 1 N–H and O–H groups in total. The van der Waals surface area contributed by atoms with Crippen molar-refractivity contribution in [1.82, 2.24) is 9.97 Å². The number of nitriles is 1. The number of nitrogens with one attached hydrogen (secondary N) is 1. The van der Waals surface area contributed by atoms with E-state index in [4.69, 9.17) is 5.26 Å². The van der Waals surface area contributed by atoms with Gasteiger partial charge in [-0.2, -0.15) is 17.0 Å². The Hall–Kier alpha value is -1.28. The van der Waals surface area contributed by atoms with Crippen LogP contribution in [0.1, 0.15) is 31.4 Å². The van der Waals surface area contributed by atoms with Crippen LogP contribution in [0.25, 0.3) is 0 Å². The summed E-state index contributed by atoms with van der Waals surface area (Å²) in [6, 6.07) is 2.50. The second kappa shape index (κ2) is 5.87. The van der Waals surface area contributed by atoms with Gasteiger partial charge >= 0.3 is 0 Å². The van der Waals surface area contributed by atoms with E-state index in [2.05, 4.69) is 27.6 Å². The van der Waals surface area contributed by atoms with Crippen LogP contribution in [0.3, 0.4) is 0 Å². The van der Waals surface area contributed by atoms with Gasteiger partial charge < -0.3 is 5.32 Å². The van der Waals surface area contributed by atoms with Crippen molar-refractivity contribution in [3.8, 4) is 6.07 Å². The van der Waals surface area contributed by atoms with E-state index in [1.165, 1.54) is 12.8 Å². The van der Waals surface area contributed by atoms with Gasteiger partial charge in [-0.15, -0.1) is 0 Å². The first-order valence-corrected chi connectivity index (χ1v) is 7.12. The molecule has 1 heterocycles. The molecule has 0 bridgehead atoms. The smallest absolute Gasteiger partial charge is 0.182 e. The Bertz CT molecular complexity index is 407. The molecule has 0 amide bonds. The average Bonchev–Trinajstić information content (AvgIpc) is 2.40. The number of anilines is 1. The Labute approximate surface area is 106 Å². The minimum Gasteiger partial charge on any atom is -0.365 e. The summed E-state index contributed by atoms with van der Waals surface area (Å²) in [4.78, 5) is 8.19. The lowest BCUT2D eigenvalue weighted by atomic mass is 9.95. The molecule has 2 rings (SSSR count). The highest BCUT2D eigenvalue weighted by molar-refractivity contribution is 7.99. The molecule has 4 nitrogen and oxygen atoms in total. The van der Waals surface area contributed by atoms with E-state index in [0.29, 0.717) is 17.6 Å². The first kappa shape index (κ1) is 12.2. The van der Waals surface area contributed by atoms with Gasteiger partial charge in [-0.3, -0.25) is 0 Å². The molecular formula is C12H16N4S. The highest BCUT2D eigenvalue weighted by atomic mass is 32.2. The summed E-state index contributed by atoms with van der Waals surface area (Å²) in [5.41, 5.74) is 0.388. The van der Waals surface area contributed by atoms with Crippen LogP contribution in [0.15, 0.2) is 12.4 Å². The lowest BCUT2D eigenvalue weighted by molar-refractivity contribution is 0.472. The van der Waals surface area contributed by atoms with Crippen LogP contribution in [-0.4, -0.2) is 27.5 Å². The van der Waals surface area contributed by atoms with Crippen LogP contribution in [0, 0.1) is 11.3 Å². The van der Waals surface area contributed by atoms with Crippen LogP contribution in [0.4, 0.5) is 5.82 Å². The van der Waals surface area contributed by atoms with Crippen LogP contribution in [0.2, 0.25) is 0 Å². The van der Waals surface area contributed by atoms with E-state index < -0.39 is 0 Å². The molecule has 0 spiro atoms. The summed E-state index contributed by atoms with van der Waals surface area (Å²) in [6.45, 7) is 0. The van der Waals surface area contributed by atoms with Gasteiger partial charge in [-0.05, 0) is 31.9 Å². The fraction of sp³-hybridized carbons (Fsp3) is 0.583. The molecule has 1 aliphatic rings. The van der Waals surface area contributed by atoms with Gasteiger partial charge in [0.2, 0.25) is 0 Å². The lowest BCUT2D eigenvalue weighted by Gasteiger charge is -2.28. The van der Waals surface area contributed by atoms with Crippen molar-refractivity contribution in [1.29, 1.82) is 5.26 Å². The summed E-state index contributed by atoms with van der Waals surface area (Å²) < 4.78 is 0. The number of nitrogens with zero attached hydrogens (tertiary/aromatic N) is 3. The first-order chi connectivity index (χ1) is 8.33. The molecule has 1 aliphatic carbocycles. The van der Waals surface area contributed by atoms with Crippen LogP contribution in [0.5, 0.6) is 0 Å². The van der Waals surface area contributed by atoms with Gasteiger partial charge in [-0.25, -0.2) is 9.97 Å². The van der Waals surface area contributed by atoms with Crippen molar-refractivity contribution in [2.75, 3.05) is 11.6 Å². The number of rotatable bonds is 3. The lowest BCUT2D eigenvalue weighted by Crippen LogP contribution is -2.27. The predicted molar refractivity (Wildman–Crippen MR) is 69.9 cm³/mol. The molecule has 1 fully saturated rings. The fourth-order valence-corrected chi connectivity index (χ4v) is 2.91. The summed E-state index contributed by atoms with van der Waals surface area (Å²) in [5, 5.41) is 13.1. The van der Waals surface area contributed by atoms with Crippen LogP contribution in [-0.2, 0) is 0 Å². The van der Waals surface area contributed by atoms with E-state index in [-0.39, 0.29) is 0 Å². The number of thioether (sulfide) groups is 1. The van der Waals surface area contributed by atoms with Gasteiger partial charge in [0.1, 0.15) is 6.07 Å². The van der Waals surface area contributed by atoms with Gasteiger partial charge in [0.05, 0.1) is 0 Å². The van der Waals surface area contributed by atoms with Crippen LogP contribution >= 0.6 is 11.8 Å². The zero-order chi connectivity index (χ0) is 12.1. The van der Waals surface area contributed by atoms with E-state index in [0.717, 1.165) is 18.1 Å². The molecule has 0 aliphatic heterocycles.